The van der Waals surface area contributed by atoms with Gasteiger partial charge in [0.15, 0.2) is 11.6 Å². The fourth-order valence-electron chi connectivity index (χ4n) is 3.40. The monoisotopic (exact) mass is 522 g/mol. The fourth-order valence-corrected chi connectivity index (χ4v) is 3.40. The first-order valence-corrected chi connectivity index (χ1v) is 11.7. The lowest BCUT2D eigenvalue weighted by atomic mass is 9.98. The third-order valence-corrected chi connectivity index (χ3v) is 5.38. The van der Waals surface area contributed by atoms with E-state index in [1.807, 2.05) is 0 Å². The van der Waals surface area contributed by atoms with Crippen molar-refractivity contribution in [2.45, 2.75) is 20.3 Å². The van der Waals surface area contributed by atoms with Crippen LogP contribution in [-0.2, 0) is 14.3 Å². The molecular weight excluding hydrogens is 494 g/mol. The lowest BCUT2D eigenvalue weighted by molar-refractivity contribution is -0.139. The van der Waals surface area contributed by atoms with Crippen molar-refractivity contribution >= 4 is 11.9 Å². The van der Waals surface area contributed by atoms with Crippen LogP contribution >= 0.6 is 0 Å². The normalized spacial score (nSPS) is 10.4. The summed E-state index contributed by atoms with van der Waals surface area (Å²) in [5.74, 6) is -1.61. The Hall–Kier alpha value is -4.46. The molecule has 3 rings (SSSR count). The Balaban J connectivity index is 1.72. The first-order valence-electron chi connectivity index (χ1n) is 11.7. The fraction of sp³-hybridized carbons (Fsp3) is 0.200. The minimum atomic E-state index is -0.647. The van der Waals surface area contributed by atoms with Gasteiger partial charge in [0.2, 0.25) is 0 Å². The maximum absolute atomic E-state index is 15.1. The van der Waals surface area contributed by atoms with Gasteiger partial charge in [-0.1, -0.05) is 31.4 Å². The van der Waals surface area contributed by atoms with E-state index < -0.39 is 23.6 Å². The molecule has 0 amide bonds. The molecule has 0 aromatic heterocycles. The van der Waals surface area contributed by atoms with Gasteiger partial charge in [0.05, 0.1) is 20.3 Å². The molecule has 0 N–H and O–H groups in total. The lowest BCUT2D eigenvalue weighted by Crippen LogP contribution is -2.09. The molecule has 0 atom stereocenters. The van der Waals surface area contributed by atoms with Gasteiger partial charge in [-0.05, 0) is 55.3 Å². The van der Waals surface area contributed by atoms with E-state index in [4.69, 9.17) is 18.9 Å². The second-order valence-corrected chi connectivity index (χ2v) is 8.49. The van der Waals surface area contributed by atoms with Crippen LogP contribution < -0.4 is 14.2 Å². The van der Waals surface area contributed by atoms with Crippen molar-refractivity contribution < 1.29 is 37.3 Å². The molecule has 6 nitrogen and oxygen atoms in total. The number of rotatable bonds is 11. The maximum Gasteiger partial charge on any atom is 0.338 e. The molecule has 198 valence electrons. The van der Waals surface area contributed by atoms with Gasteiger partial charge in [-0.2, -0.15) is 0 Å². The Labute approximate surface area is 220 Å². The van der Waals surface area contributed by atoms with Gasteiger partial charge in [0.25, 0.3) is 0 Å². The molecule has 0 bridgehead atoms. The summed E-state index contributed by atoms with van der Waals surface area (Å²) in [6.07, 6.45) is 0.372. The van der Waals surface area contributed by atoms with Crippen LogP contribution in [0.4, 0.5) is 8.78 Å². The number of carbonyl (C=O) groups excluding carboxylic acids is 2. The van der Waals surface area contributed by atoms with Crippen molar-refractivity contribution in [1.29, 1.82) is 0 Å². The van der Waals surface area contributed by atoms with E-state index in [1.54, 1.807) is 37.3 Å². The van der Waals surface area contributed by atoms with Crippen molar-refractivity contribution in [3.8, 4) is 39.5 Å². The number of hydrogen-bond acceptors (Lipinski definition) is 6. The maximum atomic E-state index is 15.1. The van der Waals surface area contributed by atoms with Crippen molar-refractivity contribution in [2.75, 3.05) is 20.3 Å². The smallest absolute Gasteiger partial charge is 0.338 e. The Bertz CT molecular complexity index is 1380. The van der Waals surface area contributed by atoms with Crippen LogP contribution in [0.15, 0.2) is 78.9 Å². The number of benzene rings is 3. The van der Waals surface area contributed by atoms with Crippen LogP contribution in [0.5, 0.6) is 17.2 Å². The Morgan fingerprint density at radius 3 is 2.03 bits per heavy atom. The van der Waals surface area contributed by atoms with Crippen molar-refractivity contribution in [2.24, 2.45) is 0 Å². The molecule has 0 aliphatic rings. The predicted octanol–water partition coefficient (Wildman–Crippen LogP) is 6.68. The van der Waals surface area contributed by atoms with Gasteiger partial charge in [-0.3, -0.25) is 0 Å². The number of esters is 2. The number of carbonyl (C=O) groups is 2. The highest BCUT2D eigenvalue weighted by Gasteiger charge is 2.15. The second-order valence-electron chi connectivity index (χ2n) is 8.49. The summed E-state index contributed by atoms with van der Waals surface area (Å²) < 4.78 is 50.8. The van der Waals surface area contributed by atoms with E-state index in [-0.39, 0.29) is 35.8 Å². The molecule has 0 spiro atoms. The summed E-state index contributed by atoms with van der Waals surface area (Å²) in [7, 11) is 1.45. The number of halogens is 2. The molecule has 0 saturated heterocycles. The largest absolute Gasteiger partial charge is 0.496 e. The Morgan fingerprint density at radius 2 is 1.39 bits per heavy atom. The quantitative estimate of drug-likeness (QED) is 0.121. The summed E-state index contributed by atoms with van der Waals surface area (Å²) in [6.45, 7) is 10.4. The van der Waals surface area contributed by atoms with Gasteiger partial charge in [0, 0.05) is 34.8 Å². The summed E-state index contributed by atoms with van der Waals surface area (Å²) in [6, 6.07) is 13.5. The Kier molecular flexibility index (Phi) is 9.38. The van der Waals surface area contributed by atoms with Gasteiger partial charge in [-0.15, -0.1) is 0 Å². The molecule has 0 unspecified atom stereocenters. The summed E-state index contributed by atoms with van der Waals surface area (Å²) in [5.41, 5.74) is 2.19. The zero-order valence-electron chi connectivity index (χ0n) is 21.4. The highest BCUT2D eigenvalue weighted by atomic mass is 19.1. The van der Waals surface area contributed by atoms with Gasteiger partial charge in [0.1, 0.15) is 17.3 Å². The van der Waals surface area contributed by atoms with Crippen molar-refractivity contribution in [1.82, 2.24) is 0 Å². The van der Waals surface area contributed by atoms with Gasteiger partial charge >= 0.3 is 11.9 Å². The number of methoxy groups -OCH3 is 1. The molecule has 0 fully saturated rings. The average molecular weight is 523 g/mol. The standard InChI is InChI=1S/C30H28F2O6/c1-18(2)29(33)37-14-6-13-36-27-12-8-20(16-26(27)32)23-10-7-21(15-25(23)31)24-11-9-22(17-28(24)35-5)38-30(34)19(3)4/h7-12,15-17H,1,3,6,13-14H2,2,4-5H3. The molecular formula is C30H28F2O6. The molecule has 0 heterocycles. The molecule has 0 radical (unpaired) electrons. The van der Waals surface area contributed by atoms with E-state index >= 15 is 4.39 Å². The summed E-state index contributed by atoms with van der Waals surface area (Å²) >= 11 is 0. The molecule has 3 aromatic carbocycles. The molecule has 3 aromatic rings. The van der Waals surface area contributed by atoms with Crippen LogP contribution in [0.25, 0.3) is 22.3 Å². The van der Waals surface area contributed by atoms with Gasteiger partial charge in [-0.25, -0.2) is 18.4 Å². The topological polar surface area (TPSA) is 71.1 Å². The van der Waals surface area contributed by atoms with Gasteiger partial charge < -0.3 is 18.9 Å². The SMILES string of the molecule is C=C(C)C(=O)OCCCOc1ccc(-c2ccc(-c3ccc(OC(=O)C(=C)C)cc3OC)cc2F)cc1F. The highest BCUT2D eigenvalue weighted by molar-refractivity contribution is 5.89. The highest BCUT2D eigenvalue weighted by Crippen LogP contribution is 2.36. The summed E-state index contributed by atoms with van der Waals surface area (Å²) in [4.78, 5) is 23.1. The van der Waals surface area contributed by atoms with Crippen LogP contribution in [0.2, 0.25) is 0 Å². The summed E-state index contributed by atoms with van der Waals surface area (Å²) in [5, 5.41) is 0. The molecule has 0 saturated carbocycles. The minimum absolute atomic E-state index is 0.00850. The van der Waals surface area contributed by atoms with Crippen LogP contribution in [0.1, 0.15) is 20.3 Å². The van der Waals surface area contributed by atoms with E-state index in [2.05, 4.69) is 13.2 Å². The first-order chi connectivity index (χ1) is 18.1. The predicted molar refractivity (Wildman–Crippen MR) is 140 cm³/mol. The van der Waals surface area contributed by atoms with Crippen molar-refractivity contribution in [3.63, 3.8) is 0 Å². The third-order valence-electron chi connectivity index (χ3n) is 5.38. The van der Waals surface area contributed by atoms with Crippen LogP contribution in [0, 0.1) is 11.6 Å². The van der Waals surface area contributed by atoms with E-state index in [0.29, 0.717) is 34.4 Å². The zero-order valence-corrected chi connectivity index (χ0v) is 21.4. The molecule has 38 heavy (non-hydrogen) atoms. The second kappa shape index (κ2) is 12.7. The van der Waals surface area contributed by atoms with E-state index in [1.165, 1.54) is 38.3 Å². The molecule has 0 aliphatic heterocycles. The van der Waals surface area contributed by atoms with Crippen LogP contribution in [0.3, 0.4) is 0 Å². The van der Waals surface area contributed by atoms with E-state index in [9.17, 15) is 14.0 Å². The van der Waals surface area contributed by atoms with E-state index in [0.717, 1.165) is 0 Å². The van der Waals surface area contributed by atoms with Crippen molar-refractivity contribution in [3.05, 3.63) is 90.5 Å². The third kappa shape index (κ3) is 7.06. The molecule has 8 heteroatoms. The first kappa shape index (κ1) is 28.1. The van der Waals surface area contributed by atoms with Crippen LogP contribution in [-0.4, -0.2) is 32.3 Å². The zero-order chi connectivity index (χ0) is 27.8. The minimum Gasteiger partial charge on any atom is -0.496 e. The Morgan fingerprint density at radius 1 is 0.763 bits per heavy atom. The average Bonchev–Trinajstić information content (AvgIpc) is 2.88. The number of ether oxygens (including phenoxy) is 4. The molecule has 0 aliphatic carbocycles. The lowest BCUT2D eigenvalue weighted by Gasteiger charge is -2.13. The number of hydrogen-bond donors (Lipinski definition) is 0.